The van der Waals surface area contributed by atoms with Gasteiger partial charge >= 0.3 is 7.82 Å². The summed E-state index contributed by atoms with van der Waals surface area (Å²) in [6, 6.07) is 17.9. The summed E-state index contributed by atoms with van der Waals surface area (Å²) in [6.45, 7) is 12.2. The summed E-state index contributed by atoms with van der Waals surface area (Å²) in [5.41, 5.74) is 1.28. The molecular weight excluding hydrogens is 475 g/mol. The van der Waals surface area contributed by atoms with E-state index in [1.54, 1.807) is 24.3 Å². The van der Waals surface area contributed by atoms with Gasteiger partial charge in [0.25, 0.3) is 0 Å². The van der Waals surface area contributed by atoms with Crippen LogP contribution in [0, 0.1) is 0 Å². The van der Waals surface area contributed by atoms with Crippen molar-refractivity contribution in [3.05, 3.63) is 84.1 Å². The third-order valence-corrected chi connectivity index (χ3v) is 12.3. The molecule has 0 heterocycles. The Labute approximate surface area is 211 Å². The summed E-state index contributed by atoms with van der Waals surface area (Å²) in [4.78, 5) is 0. The van der Waals surface area contributed by atoms with E-state index in [1.807, 2.05) is 48.6 Å². The summed E-state index contributed by atoms with van der Waals surface area (Å²) in [5, 5.41) is 0.230. The van der Waals surface area contributed by atoms with E-state index >= 15 is 0 Å². The van der Waals surface area contributed by atoms with Crippen LogP contribution in [-0.2, 0) is 13.5 Å². The van der Waals surface area contributed by atoms with Gasteiger partial charge in [0.05, 0.1) is 0 Å². The molecule has 2 aromatic rings. The zero-order valence-electron chi connectivity index (χ0n) is 21.7. The first-order valence-corrected chi connectivity index (χ1v) is 16.8. The Hall–Kier alpha value is -2.27. The Bertz CT molecular complexity index is 997. The minimum absolute atomic E-state index is 0.230. The lowest BCUT2D eigenvalue weighted by molar-refractivity contribution is 0.261. The number of allylic oxidation sites excluding steroid dienone is 3. The first kappa shape index (κ1) is 27.3. The Morgan fingerprint density at radius 1 is 0.857 bits per heavy atom. The molecule has 1 aliphatic carbocycles. The maximum Gasteiger partial charge on any atom is 0.647 e. The Balaban J connectivity index is 1.60. The fourth-order valence-corrected chi connectivity index (χ4v) is 5.74. The molecule has 35 heavy (non-hydrogen) atoms. The largest absolute Gasteiger partial charge is 0.647 e. The van der Waals surface area contributed by atoms with Crippen molar-refractivity contribution in [1.29, 1.82) is 0 Å². The van der Waals surface area contributed by atoms with Crippen molar-refractivity contribution in [2.24, 2.45) is 0 Å². The highest BCUT2D eigenvalue weighted by atomic mass is 31.2. The van der Waals surface area contributed by atoms with Gasteiger partial charge in [0, 0.05) is 6.61 Å². The topological polar surface area (TPSA) is 54.0 Å². The van der Waals surface area contributed by atoms with Crippen molar-refractivity contribution in [3.8, 4) is 11.5 Å². The average Bonchev–Trinajstić information content (AvgIpc) is 2.79. The van der Waals surface area contributed by atoms with Gasteiger partial charge in [0.2, 0.25) is 0 Å². The van der Waals surface area contributed by atoms with Crippen molar-refractivity contribution in [3.63, 3.8) is 0 Å². The van der Waals surface area contributed by atoms with Crippen LogP contribution in [-0.4, -0.2) is 14.9 Å². The Morgan fingerprint density at radius 3 is 1.97 bits per heavy atom. The third-order valence-electron chi connectivity index (χ3n) is 6.46. The molecule has 0 aromatic heterocycles. The quantitative estimate of drug-likeness (QED) is 0.161. The summed E-state index contributed by atoms with van der Waals surface area (Å²) in [5.74, 6) is 1.38. The standard InChI is InChI=1S/C28H39O5PSi/c1-28(2,3)35(4,5)30-22-13-12-15-24-16-14-21-27(23-24)33-34(29,31-25-17-8-6-9-18-25)32-26-19-10-7-11-20-26/h6-11,17-21,23H,12-16,22H2,1-5H3. The molecule has 190 valence electrons. The van der Waals surface area contributed by atoms with Crippen molar-refractivity contribution in [2.45, 2.75) is 71.0 Å². The van der Waals surface area contributed by atoms with Crippen LogP contribution in [0.3, 0.4) is 0 Å². The molecule has 0 saturated carbocycles. The van der Waals surface area contributed by atoms with E-state index in [9.17, 15) is 4.57 Å². The predicted octanol–water partition coefficient (Wildman–Crippen LogP) is 9.07. The molecule has 0 N–H and O–H groups in total. The molecule has 0 fully saturated rings. The molecule has 1 aliphatic rings. The first-order valence-electron chi connectivity index (χ1n) is 12.4. The number of hydrogen-bond acceptors (Lipinski definition) is 5. The van der Waals surface area contributed by atoms with Gasteiger partial charge in [-0.1, -0.05) is 62.7 Å². The average molecular weight is 515 g/mol. The van der Waals surface area contributed by atoms with Crippen LogP contribution >= 0.6 is 7.82 Å². The van der Waals surface area contributed by atoms with Gasteiger partial charge in [-0.15, -0.1) is 0 Å². The summed E-state index contributed by atoms with van der Waals surface area (Å²) < 4.78 is 37.3. The SMILES string of the molecule is CC(C)(C)[Si](C)(C)OCCCCC1=CC(OP(=O)(Oc2ccccc2)Oc2ccccc2)=CCC1. The lowest BCUT2D eigenvalue weighted by Gasteiger charge is -2.36. The molecule has 0 bridgehead atoms. The second-order valence-electron chi connectivity index (χ2n) is 10.4. The normalized spacial score (nSPS) is 14.7. The van der Waals surface area contributed by atoms with Crippen LogP contribution in [0.15, 0.2) is 84.1 Å². The molecule has 7 heteroatoms. The summed E-state index contributed by atoms with van der Waals surface area (Å²) in [7, 11) is -5.66. The van der Waals surface area contributed by atoms with Crippen molar-refractivity contribution >= 4 is 16.1 Å². The van der Waals surface area contributed by atoms with Crippen molar-refractivity contribution in [1.82, 2.24) is 0 Å². The maximum atomic E-state index is 13.7. The highest BCUT2D eigenvalue weighted by Gasteiger charge is 2.37. The van der Waals surface area contributed by atoms with Gasteiger partial charge in [0.1, 0.15) is 17.3 Å². The molecule has 0 spiro atoms. The van der Waals surface area contributed by atoms with E-state index in [1.165, 1.54) is 5.57 Å². The fourth-order valence-electron chi connectivity index (χ4n) is 3.40. The molecular formula is C28H39O5PSi. The highest BCUT2D eigenvalue weighted by molar-refractivity contribution is 7.49. The lowest BCUT2D eigenvalue weighted by Crippen LogP contribution is -2.40. The second kappa shape index (κ2) is 12.1. The van der Waals surface area contributed by atoms with Crippen LogP contribution < -0.4 is 9.05 Å². The molecule has 0 unspecified atom stereocenters. The van der Waals surface area contributed by atoms with E-state index < -0.39 is 16.1 Å². The fraction of sp³-hybridized carbons (Fsp3) is 0.429. The zero-order valence-corrected chi connectivity index (χ0v) is 23.6. The second-order valence-corrected chi connectivity index (χ2v) is 16.6. The Kier molecular flexibility index (Phi) is 9.45. The Morgan fingerprint density at radius 2 is 1.43 bits per heavy atom. The van der Waals surface area contributed by atoms with E-state index in [0.717, 1.165) is 38.7 Å². The third kappa shape index (κ3) is 8.71. The van der Waals surface area contributed by atoms with Gasteiger partial charge in [-0.05, 0) is 86.7 Å². The molecule has 0 radical (unpaired) electrons. The van der Waals surface area contributed by atoms with Gasteiger partial charge in [-0.25, -0.2) is 0 Å². The van der Waals surface area contributed by atoms with E-state index in [4.69, 9.17) is 18.0 Å². The summed E-state index contributed by atoms with van der Waals surface area (Å²) in [6.07, 6.45) is 8.76. The van der Waals surface area contributed by atoms with Crippen LogP contribution in [0.5, 0.6) is 11.5 Å². The van der Waals surface area contributed by atoms with Gasteiger partial charge < -0.3 is 18.0 Å². The molecule has 5 nitrogen and oxygen atoms in total. The number of phosphoric ester groups is 1. The predicted molar refractivity (Wildman–Crippen MR) is 145 cm³/mol. The zero-order chi connectivity index (χ0) is 25.4. The first-order chi connectivity index (χ1) is 16.6. The number of rotatable bonds is 12. The van der Waals surface area contributed by atoms with Crippen LogP contribution in [0.2, 0.25) is 18.1 Å². The summed E-state index contributed by atoms with van der Waals surface area (Å²) >= 11 is 0. The maximum absolute atomic E-state index is 13.7. The van der Waals surface area contributed by atoms with Crippen LogP contribution in [0.1, 0.15) is 52.9 Å². The van der Waals surface area contributed by atoms with Gasteiger partial charge in [-0.2, -0.15) is 4.57 Å². The number of benzene rings is 2. The van der Waals surface area contributed by atoms with E-state index in [0.29, 0.717) is 17.3 Å². The molecule has 3 rings (SSSR count). The van der Waals surface area contributed by atoms with E-state index in [2.05, 4.69) is 33.9 Å². The lowest BCUT2D eigenvalue weighted by atomic mass is 9.99. The molecule has 0 aliphatic heterocycles. The minimum Gasteiger partial charge on any atom is -0.417 e. The van der Waals surface area contributed by atoms with Gasteiger partial charge in [-0.3, -0.25) is 0 Å². The van der Waals surface area contributed by atoms with Crippen molar-refractivity contribution < 1.29 is 22.6 Å². The smallest absolute Gasteiger partial charge is 0.417 e. The number of phosphoric acid groups is 1. The monoisotopic (exact) mass is 514 g/mol. The number of para-hydroxylation sites is 2. The minimum atomic E-state index is -3.96. The number of hydrogen-bond donors (Lipinski definition) is 0. The van der Waals surface area contributed by atoms with Gasteiger partial charge in [0.15, 0.2) is 8.32 Å². The van der Waals surface area contributed by atoms with Crippen LogP contribution in [0.4, 0.5) is 0 Å². The molecule has 0 saturated heterocycles. The molecule has 0 atom stereocenters. The molecule has 0 amide bonds. The van der Waals surface area contributed by atoms with E-state index in [-0.39, 0.29) is 5.04 Å². The highest BCUT2D eigenvalue weighted by Crippen LogP contribution is 2.52. The number of unbranched alkanes of at least 4 members (excludes halogenated alkanes) is 1. The molecule has 2 aromatic carbocycles. The van der Waals surface area contributed by atoms with Crippen LogP contribution in [0.25, 0.3) is 0 Å². The van der Waals surface area contributed by atoms with Crippen molar-refractivity contribution in [2.75, 3.05) is 6.61 Å².